The third-order valence-electron chi connectivity index (χ3n) is 2.05. The summed E-state index contributed by atoms with van der Waals surface area (Å²) in [6.07, 6.45) is 0. The van der Waals surface area contributed by atoms with Gasteiger partial charge in [-0.2, -0.15) is 0 Å². The largest absolute Gasteiger partial charge is 0.477 e. The molecular weight excluding hydrogens is 292 g/mol. The smallest absolute Gasteiger partial charge is 0.345 e. The highest BCUT2D eigenvalue weighted by Gasteiger charge is 2.16. The van der Waals surface area contributed by atoms with Crippen LogP contribution >= 0.6 is 22.7 Å². The Hall–Kier alpha value is -2.26. The van der Waals surface area contributed by atoms with Gasteiger partial charge in [0.25, 0.3) is 5.91 Å². The lowest BCUT2D eigenvalue weighted by molar-refractivity contribution is -0.380. The highest BCUT2D eigenvalue weighted by atomic mass is 32.1. The number of carbonyl (C=O) groups excluding carboxylic acids is 1. The van der Waals surface area contributed by atoms with Crippen LogP contribution in [0.3, 0.4) is 0 Å². The Labute approximate surface area is 114 Å². The summed E-state index contributed by atoms with van der Waals surface area (Å²) in [5.41, 5.74) is 0. The molecule has 0 aliphatic rings. The van der Waals surface area contributed by atoms with Crippen molar-refractivity contribution in [1.29, 1.82) is 0 Å². The van der Waals surface area contributed by atoms with Crippen molar-refractivity contribution in [2.75, 3.05) is 5.32 Å². The van der Waals surface area contributed by atoms with Crippen molar-refractivity contribution < 1.29 is 19.6 Å². The highest BCUT2D eigenvalue weighted by molar-refractivity contribution is 7.18. The van der Waals surface area contributed by atoms with E-state index in [-0.39, 0.29) is 14.8 Å². The first kappa shape index (κ1) is 13.2. The monoisotopic (exact) mass is 298 g/mol. The summed E-state index contributed by atoms with van der Waals surface area (Å²) < 4.78 is 0. The molecule has 19 heavy (non-hydrogen) atoms. The number of carboxylic acids is 1. The zero-order chi connectivity index (χ0) is 14.0. The van der Waals surface area contributed by atoms with E-state index in [1.54, 1.807) is 0 Å². The van der Waals surface area contributed by atoms with Gasteiger partial charge >= 0.3 is 11.0 Å². The zero-order valence-electron chi connectivity index (χ0n) is 9.15. The van der Waals surface area contributed by atoms with Crippen molar-refractivity contribution in [2.45, 2.75) is 0 Å². The van der Waals surface area contributed by atoms with Gasteiger partial charge in [-0.25, -0.2) is 4.79 Å². The van der Waals surface area contributed by atoms with Gasteiger partial charge in [0, 0.05) is 6.07 Å². The van der Waals surface area contributed by atoms with E-state index in [1.807, 2.05) is 0 Å². The molecule has 2 N–H and O–H groups in total. The molecule has 0 aliphatic carbocycles. The molecule has 98 valence electrons. The van der Waals surface area contributed by atoms with Crippen molar-refractivity contribution in [3.8, 4) is 0 Å². The van der Waals surface area contributed by atoms with Gasteiger partial charge in [0.15, 0.2) is 0 Å². The van der Waals surface area contributed by atoms with Gasteiger partial charge in [-0.1, -0.05) is 11.3 Å². The Morgan fingerprint density at radius 1 is 1.16 bits per heavy atom. The molecule has 0 radical (unpaired) electrons. The summed E-state index contributed by atoms with van der Waals surface area (Å²) in [6.45, 7) is 0. The first-order valence-corrected chi connectivity index (χ1v) is 6.49. The van der Waals surface area contributed by atoms with E-state index in [0.29, 0.717) is 5.00 Å². The minimum Gasteiger partial charge on any atom is -0.477 e. The van der Waals surface area contributed by atoms with Crippen molar-refractivity contribution >= 4 is 44.6 Å². The number of amides is 1. The first-order chi connectivity index (χ1) is 8.97. The number of rotatable bonds is 4. The third-order valence-corrected chi connectivity index (χ3v) is 4.07. The second-order valence-corrected chi connectivity index (χ2v) is 5.46. The van der Waals surface area contributed by atoms with E-state index in [4.69, 9.17) is 5.11 Å². The number of thiophene rings is 2. The lowest BCUT2D eigenvalue weighted by Gasteiger charge is -1.98. The predicted octanol–water partition coefficient (Wildman–Crippen LogP) is 2.67. The van der Waals surface area contributed by atoms with Gasteiger partial charge in [-0.3, -0.25) is 14.9 Å². The number of nitrogens with one attached hydrogen (secondary N) is 1. The van der Waals surface area contributed by atoms with Crippen LogP contribution in [0.25, 0.3) is 0 Å². The van der Waals surface area contributed by atoms with Crippen molar-refractivity contribution in [3.05, 3.63) is 44.1 Å². The Balaban J connectivity index is 2.11. The average molecular weight is 298 g/mol. The highest BCUT2D eigenvalue weighted by Crippen LogP contribution is 2.26. The molecule has 0 spiro atoms. The molecule has 0 unspecified atom stereocenters. The van der Waals surface area contributed by atoms with Crippen LogP contribution < -0.4 is 5.32 Å². The molecule has 2 aromatic heterocycles. The molecular formula is C10H6N2O5S2. The predicted molar refractivity (Wildman–Crippen MR) is 70.2 cm³/mol. The molecule has 0 aliphatic heterocycles. The second-order valence-electron chi connectivity index (χ2n) is 3.32. The minimum absolute atomic E-state index is 0.104. The number of carboxylic acid groups (broad SMARTS) is 1. The summed E-state index contributed by atoms with van der Waals surface area (Å²) in [7, 11) is 0. The zero-order valence-corrected chi connectivity index (χ0v) is 10.8. The second kappa shape index (κ2) is 5.16. The van der Waals surface area contributed by atoms with Crippen LogP contribution in [0.4, 0.5) is 10.0 Å². The molecule has 2 heterocycles. The maximum atomic E-state index is 11.8. The molecule has 0 aromatic carbocycles. The normalized spacial score (nSPS) is 10.1. The Bertz CT molecular complexity index is 660. The molecule has 2 aromatic rings. The van der Waals surface area contributed by atoms with Crippen molar-refractivity contribution in [2.24, 2.45) is 0 Å². The Morgan fingerprint density at radius 2 is 1.84 bits per heavy atom. The van der Waals surface area contributed by atoms with Crippen LogP contribution in [0.15, 0.2) is 24.3 Å². The number of aromatic carboxylic acids is 1. The Kier molecular flexibility index (Phi) is 3.58. The molecule has 0 bridgehead atoms. The van der Waals surface area contributed by atoms with E-state index >= 15 is 0 Å². The van der Waals surface area contributed by atoms with Gasteiger partial charge in [0.1, 0.15) is 4.88 Å². The minimum atomic E-state index is -1.07. The maximum Gasteiger partial charge on any atom is 0.345 e. The van der Waals surface area contributed by atoms with E-state index in [2.05, 4.69) is 5.32 Å². The molecule has 0 fully saturated rings. The van der Waals surface area contributed by atoms with Crippen LogP contribution in [0.5, 0.6) is 0 Å². The lowest BCUT2D eigenvalue weighted by Crippen LogP contribution is -2.08. The molecule has 1 amide bonds. The number of nitro groups is 1. The third kappa shape index (κ3) is 2.95. The standard InChI is InChI=1S/C10H6N2O5S2/c13-9(5-2-4-8(19-5)12(16)17)11-7-3-1-6(18-7)10(14)15/h1-4H,(H,11,13)(H,14,15). The van der Waals surface area contributed by atoms with Crippen molar-refractivity contribution in [1.82, 2.24) is 0 Å². The molecule has 2 rings (SSSR count). The van der Waals surface area contributed by atoms with E-state index in [1.165, 1.54) is 24.3 Å². The number of hydrogen-bond donors (Lipinski definition) is 2. The van der Waals surface area contributed by atoms with Crippen LogP contribution in [0, 0.1) is 10.1 Å². The van der Waals surface area contributed by atoms with Crippen molar-refractivity contribution in [3.63, 3.8) is 0 Å². The molecule has 0 saturated heterocycles. The number of anilines is 1. The Morgan fingerprint density at radius 3 is 2.37 bits per heavy atom. The summed E-state index contributed by atoms with van der Waals surface area (Å²) >= 11 is 1.67. The van der Waals surface area contributed by atoms with Crippen LogP contribution in [0.2, 0.25) is 0 Å². The molecule has 9 heteroatoms. The summed E-state index contributed by atoms with van der Waals surface area (Å²) in [5.74, 6) is -1.57. The van der Waals surface area contributed by atoms with Crippen LogP contribution in [0.1, 0.15) is 19.3 Å². The molecule has 0 atom stereocenters. The number of nitrogens with zero attached hydrogens (tertiary/aromatic N) is 1. The van der Waals surface area contributed by atoms with E-state index < -0.39 is 16.8 Å². The quantitative estimate of drug-likeness (QED) is 0.666. The molecule has 7 nitrogen and oxygen atoms in total. The topological polar surface area (TPSA) is 110 Å². The fourth-order valence-electron chi connectivity index (χ4n) is 1.24. The molecule has 0 saturated carbocycles. The van der Waals surface area contributed by atoms with Gasteiger partial charge in [-0.05, 0) is 18.2 Å². The number of carbonyl (C=O) groups is 2. The van der Waals surface area contributed by atoms with E-state index in [0.717, 1.165) is 22.7 Å². The van der Waals surface area contributed by atoms with Gasteiger partial charge in [-0.15, -0.1) is 11.3 Å². The van der Waals surface area contributed by atoms with Gasteiger partial charge in [0.05, 0.1) is 14.8 Å². The SMILES string of the molecule is O=C(O)c1ccc(NC(=O)c2ccc([N+](=O)[O-])s2)s1. The van der Waals surface area contributed by atoms with Crippen LogP contribution in [-0.2, 0) is 0 Å². The van der Waals surface area contributed by atoms with E-state index in [9.17, 15) is 19.7 Å². The van der Waals surface area contributed by atoms with Gasteiger partial charge < -0.3 is 10.4 Å². The number of hydrogen-bond acceptors (Lipinski definition) is 6. The summed E-state index contributed by atoms with van der Waals surface area (Å²) in [5, 5.41) is 22.0. The van der Waals surface area contributed by atoms with Gasteiger partial charge in [0.2, 0.25) is 0 Å². The summed E-state index contributed by atoms with van der Waals surface area (Å²) in [6, 6.07) is 5.44. The fraction of sp³-hybridized carbons (Fsp3) is 0. The first-order valence-electron chi connectivity index (χ1n) is 4.86. The summed E-state index contributed by atoms with van der Waals surface area (Å²) in [4.78, 5) is 32.7. The lowest BCUT2D eigenvalue weighted by atomic mass is 10.4. The maximum absolute atomic E-state index is 11.8. The fourth-order valence-corrected chi connectivity index (χ4v) is 2.70. The van der Waals surface area contributed by atoms with Crippen LogP contribution in [-0.4, -0.2) is 21.9 Å². The average Bonchev–Trinajstić information content (AvgIpc) is 2.96.